The molecule has 3 rings (SSSR count). The van der Waals surface area contributed by atoms with Crippen LogP contribution in [0.15, 0.2) is 18.2 Å². The van der Waals surface area contributed by atoms with Crippen molar-refractivity contribution in [3.63, 3.8) is 0 Å². The number of rotatable bonds is 4. The third-order valence-corrected chi connectivity index (χ3v) is 5.16. The van der Waals surface area contributed by atoms with Crippen molar-refractivity contribution in [2.24, 2.45) is 0 Å². The molecule has 1 unspecified atom stereocenters. The molecule has 2 aliphatic rings. The van der Waals surface area contributed by atoms with Gasteiger partial charge in [0.15, 0.2) is 0 Å². The number of nitrogens with zero attached hydrogens (tertiary/aromatic N) is 2. The summed E-state index contributed by atoms with van der Waals surface area (Å²) in [7, 11) is -3.41. The largest absolute Gasteiger partial charge is 0.365 e. The van der Waals surface area contributed by atoms with Gasteiger partial charge in [0.1, 0.15) is 0 Å². The lowest BCUT2D eigenvalue weighted by Gasteiger charge is -2.39. The number of fused-ring (bicyclic) bond motifs is 1. The maximum atomic E-state index is 12.7. The molecule has 1 atom stereocenters. The zero-order chi connectivity index (χ0) is 16.8. The molecule has 0 bridgehead atoms. The van der Waals surface area contributed by atoms with Crippen LogP contribution in [0.25, 0.3) is 0 Å². The van der Waals surface area contributed by atoms with Crippen LogP contribution in [0.1, 0.15) is 25.3 Å². The Balaban J connectivity index is 1.91. The average Bonchev–Trinajstić information content (AvgIpc) is 3.28. The Morgan fingerprint density at radius 3 is 2.61 bits per heavy atom. The molecule has 6 nitrogen and oxygen atoms in total. The Bertz CT molecular complexity index is 728. The van der Waals surface area contributed by atoms with Crippen molar-refractivity contribution < 1.29 is 13.2 Å². The van der Waals surface area contributed by atoms with Crippen LogP contribution in [-0.4, -0.2) is 45.8 Å². The first kappa shape index (κ1) is 16.3. The smallest absolute Gasteiger partial charge is 0.244 e. The lowest BCUT2D eigenvalue weighted by molar-refractivity contribution is -0.119. The van der Waals surface area contributed by atoms with Crippen LogP contribution in [0, 0.1) is 6.92 Å². The molecule has 1 aliphatic carbocycles. The predicted octanol–water partition coefficient (Wildman–Crippen LogP) is 1.25. The molecule has 0 saturated heterocycles. The van der Waals surface area contributed by atoms with E-state index in [1.165, 1.54) is 12.8 Å². The second-order valence-corrected chi connectivity index (χ2v) is 8.25. The van der Waals surface area contributed by atoms with E-state index in [2.05, 4.69) is 22.6 Å². The van der Waals surface area contributed by atoms with Gasteiger partial charge < -0.3 is 9.80 Å². The number of anilines is 2. The van der Waals surface area contributed by atoms with Crippen molar-refractivity contribution in [2.45, 2.75) is 38.8 Å². The topological polar surface area (TPSA) is 69.7 Å². The maximum absolute atomic E-state index is 12.7. The Kier molecular flexibility index (Phi) is 4.10. The number of nitrogens with one attached hydrogen (secondary N) is 1. The number of hydrogen-bond acceptors (Lipinski definition) is 4. The number of aryl methyl sites for hydroxylation is 1. The minimum Gasteiger partial charge on any atom is -0.365 e. The van der Waals surface area contributed by atoms with Crippen LogP contribution >= 0.6 is 0 Å². The average molecular weight is 337 g/mol. The molecule has 1 saturated carbocycles. The normalized spacial score (nSPS) is 19.4. The van der Waals surface area contributed by atoms with Crippen molar-refractivity contribution in [1.82, 2.24) is 4.72 Å². The van der Waals surface area contributed by atoms with Crippen LogP contribution < -0.4 is 14.5 Å². The molecule has 7 heteroatoms. The van der Waals surface area contributed by atoms with Gasteiger partial charge in [0.25, 0.3) is 0 Å². The Labute approximate surface area is 137 Å². The van der Waals surface area contributed by atoms with Crippen molar-refractivity contribution in [3.8, 4) is 0 Å². The highest BCUT2D eigenvalue weighted by atomic mass is 32.2. The molecule has 1 fully saturated rings. The number of amides is 1. The van der Waals surface area contributed by atoms with E-state index in [1.807, 2.05) is 12.1 Å². The molecular formula is C16H23N3O3S. The summed E-state index contributed by atoms with van der Waals surface area (Å²) in [4.78, 5) is 16.8. The van der Waals surface area contributed by atoms with Crippen LogP contribution in [0.5, 0.6) is 0 Å². The monoisotopic (exact) mass is 337 g/mol. The van der Waals surface area contributed by atoms with Gasteiger partial charge in [0.05, 0.1) is 23.7 Å². The van der Waals surface area contributed by atoms with Gasteiger partial charge in [-0.3, -0.25) is 4.79 Å². The molecule has 0 spiro atoms. The fourth-order valence-corrected chi connectivity index (χ4v) is 4.00. The van der Waals surface area contributed by atoms with E-state index in [4.69, 9.17) is 0 Å². The highest BCUT2D eigenvalue weighted by Crippen LogP contribution is 2.42. The summed E-state index contributed by atoms with van der Waals surface area (Å²) in [6.45, 7) is 5.02. The van der Waals surface area contributed by atoms with E-state index in [0.29, 0.717) is 12.6 Å². The van der Waals surface area contributed by atoms with Gasteiger partial charge in [0.2, 0.25) is 15.9 Å². The number of carbonyl (C=O) groups excluding carboxylic acids is 1. The molecule has 1 aromatic carbocycles. The highest BCUT2D eigenvalue weighted by molar-refractivity contribution is 7.88. The molecule has 1 amide bonds. The molecule has 1 aliphatic heterocycles. The van der Waals surface area contributed by atoms with Gasteiger partial charge in [-0.15, -0.1) is 0 Å². The van der Waals surface area contributed by atoms with Crippen molar-refractivity contribution in [2.75, 3.05) is 29.1 Å². The molecule has 1 heterocycles. The standard InChI is InChI=1S/C16H23N3O3S/c1-11-5-4-6-14-15(11)18(13-7-8-13)9-10-19(14)16(20)12(2)17-23(3,21)22/h4-6,12-13,17H,7-10H2,1-3H3. The quantitative estimate of drug-likeness (QED) is 0.898. The van der Waals surface area contributed by atoms with E-state index < -0.39 is 16.1 Å². The van der Waals surface area contributed by atoms with Gasteiger partial charge in [0, 0.05) is 19.1 Å². The summed E-state index contributed by atoms with van der Waals surface area (Å²) >= 11 is 0. The summed E-state index contributed by atoms with van der Waals surface area (Å²) in [5, 5.41) is 0. The van der Waals surface area contributed by atoms with Gasteiger partial charge in [-0.2, -0.15) is 0 Å². The fourth-order valence-electron chi connectivity index (χ4n) is 3.26. The summed E-state index contributed by atoms with van der Waals surface area (Å²) in [6, 6.07) is 5.76. The zero-order valence-electron chi connectivity index (χ0n) is 13.7. The Morgan fingerprint density at radius 1 is 1.30 bits per heavy atom. The van der Waals surface area contributed by atoms with Gasteiger partial charge in [-0.05, 0) is 38.3 Å². The number of benzene rings is 1. The van der Waals surface area contributed by atoms with E-state index in [0.717, 1.165) is 29.7 Å². The summed E-state index contributed by atoms with van der Waals surface area (Å²) in [6.07, 6.45) is 3.47. The summed E-state index contributed by atoms with van der Waals surface area (Å²) < 4.78 is 25.2. The molecule has 126 valence electrons. The second-order valence-electron chi connectivity index (χ2n) is 6.47. The van der Waals surface area contributed by atoms with Crippen molar-refractivity contribution >= 4 is 27.3 Å². The van der Waals surface area contributed by atoms with Crippen LogP contribution in [-0.2, 0) is 14.8 Å². The SMILES string of the molecule is Cc1cccc2c1N(C1CC1)CCN2C(=O)C(C)NS(C)(=O)=O. The first-order valence-corrected chi connectivity index (χ1v) is 9.82. The third kappa shape index (κ3) is 3.35. The minimum absolute atomic E-state index is 0.210. The van der Waals surface area contributed by atoms with Crippen molar-refractivity contribution in [1.29, 1.82) is 0 Å². The minimum atomic E-state index is -3.41. The Morgan fingerprint density at radius 2 is 2.00 bits per heavy atom. The van der Waals surface area contributed by atoms with Gasteiger partial charge in [-0.1, -0.05) is 12.1 Å². The van der Waals surface area contributed by atoms with E-state index in [-0.39, 0.29) is 5.91 Å². The molecule has 1 N–H and O–H groups in total. The van der Waals surface area contributed by atoms with E-state index in [9.17, 15) is 13.2 Å². The number of carbonyl (C=O) groups is 1. The van der Waals surface area contributed by atoms with Crippen LogP contribution in [0.2, 0.25) is 0 Å². The van der Waals surface area contributed by atoms with E-state index >= 15 is 0 Å². The third-order valence-electron chi connectivity index (χ3n) is 4.37. The predicted molar refractivity (Wildman–Crippen MR) is 91.3 cm³/mol. The molecular weight excluding hydrogens is 314 g/mol. The van der Waals surface area contributed by atoms with E-state index in [1.54, 1.807) is 11.8 Å². The highest BCUT2D eigenvalue weighted by Gasteiger charge is 2.37. The molecule has 0 aromatic heterocycles. The van der Waals surface area contributed by atoms with Crippen molar-refractivity contribution in [3.05, 3.63) is 23.8 Å². The molecule has 1 aromatic rings. The lowest BCUT2D eigenvalue weighted by atomic mass is 10.1. The Hall–Kier alpha value is -1.60. The number of sulfonamides is 1. The molecule has 0 radical (unpaired) electrons. The van der Waals surface area contributed by atoms with Gasteiger partial charge >= 0.3 is 0 Å². The second kappa shape index (κ2) is 5.79. The number of hydrogen-bond donors (Lipinski definition) is 1. The van der Waals surface area contributed by atoms with Gasteiger partial charge in [-0.25, -0.2) is 13.1 Å². The number of para-hydroxylation sites is 1. The first-order valence-electron chi connectivity index (χ1n) is 7.93. The first-order chi connectivity index (χ1) is 10.8. The summed E-state index contributed by atoms with van der Waals surface area (Å²) in [5.74, 6) is -0.210. The zero-order valence-corrected chi connectivity index (χ0v) is 14.6. The molecule has 23 heavy (non-hydrogen) atoms. The summed E-state index contributed by atoms with van der Waals surface area (Å²) in [5.41, 5.74) is 3.15. The van der Waals surface area contributed by atoms with Crippen LogP contribution in [0.4, 0.5) is 11.4 Å². The lowest BCUT2D eigenvalue weighted by Crippen LogP contribution is -2.52. The van der Waals surface area contributed by atoms with Crippen LogP contribution in [0.3, 0.4) is 0 Å². The maximum Gasteiger partial charge on any atom is 0.244 e. The fraction of sp³-hybridized carbons (Fsp3) is 0.562.